The maximum Gasteiger partial charge on any atom is 0.0686 e. The summed E-state index contributed by atoms with van der Waals surface area (Å²) in [6.07, 6.45) is 9.10. The van der Waals surface area contributed by atoms with E-state index in [1.165, 1.54) is 40.7 Å². The van der Waals surface area contributed by atoms with Gasteiger partial charge in [-0.1, -0.05) is 64.7 Å². The van der Waals surface area contributed by atoms with Gasteiger partial charge in [-0.05, 0) is 50.3 Å². The van der Waals surface area contributed by atoms with Gasteiger partial charge in [0, 0.05) is 6.21 Å². The molecule has 0 bridgehead atoms. The third-order valence-electron chi connectivity index (χ3n) is 3.46. The SMILES string of the molecule is CCC.CCC.CCC1C=C(C2=C(C)CC(C)=C2C)C=N1. The van der Waals surface area contributed by atoms with Crippen molar-refractivity contribution in [2.75, 3.05) is 0 Å². The fourth-order valence-electron chi connectivity index (χ4n) is 2.46. The second-order valence-corrected chi connectivity index (χ2v) is 6.03. The monoisotopic (exact) mass is 289 g/mol. The van der Waals surface area contributed by atoms with Crippen LogP contribution in [0.1, 0.15) is 81.1 Å². The molecule has 1 atom stereocenters. The molecule has 2 rings (SSSR count). The summed E-state index contributed by atoms with van der Waals surface area (Å²) in [4.78, 5) is 4.50. The normalized spacial score (nSPS) is 20.0. The Morgan fingerprint density at radius 1 is 0.952 bits per heavy atom. The third kappa shape index (κ3) is 6.03. The van der Waals surface area contributed by atoms with Crippen LogP contribution in [0.15, 0.2) is 38.9 Å². The van der Waals surface area contributed by atoms with Crippen molar-refractivity contribution in [2.24, 2.45) is 4.99 Å². The lowest BCUT2D eigenvalue weighted by atomic mass is 9.98. The van der Waals surface area contributed by atoms with E-state index < -0.39 is 0 Å². The highest BCUT2D eigenvalue weighted by Gasteiger charge is 2.21. The zero-order valence-electron chi connectivity index (χ0n) is 15.5. The summed E-state index contributed by atoms with van der Waals surface area (Å²) in [6, 6.07) is 0.411. The van der Waals surface area contributed by atoms with Crippen molar-refractivity contribution in [3.63, 3.8) is 0 Å². The third-order valence-corrected chi connectivity index (χ3v) is 3.46. The second-order valence-electron chi connectivity index (χ2n) is 6.03. The Labute approximate surface area is 132 Å². The molecule has 0 fully saturated rings. The molecule has 120 valence electrons. The fraction of sp³-hybridized carbons (Fsp3) is 0.650. The van der Waals surface area contributed by atoms with Crippen LogP contribution in [0.4, 0.5) is 0 Å². The molecule has 0 spiro atoms. The van der Waals surface area contributed by atoms with Crippen molar-refractivity contribution in [2.45, 2.75) is 87.1 Å². The Bertz CT molecular complexity index is 431. The number of allylic oxidation sites excluding steroid dienone is 5. The highest BCUT2D eigenvalue weighted by Crippen LogP contribution is 2.36. The minimum absolute atomic E-state index is 0.411. The average Bonchev–Trinajstić information content (AvgIpc) is 2.97. The van der Waals surface area contributed by atoms with Crippen molar-refractivity contribution >= 4 is 6.21 Å². The average molecular weight is 290 g/mol. The Hall–Kier alpha value is -1.11. The van der Waals surface area contributed by atoms with Crippen molar-refractivity contribution in [1.82, 2.24) is 0 Å². The quantitative estimate of drug-likeness (QED) is 0.538. The molecular formula is C20H35N. The molecule has 0 aromatic rings. The lowest BCUT2D eigenvalue weighted by Crippen LogP contribution is -1.93. The molecule has 0 amide bonds. The molecule has 0 N–H and O–H groups in total. The predicted octanol–water partition coefficient (Wildman–Crippen LogP) is 6.67. The second kappa shape index (κ2) is 10.6. The molecule has 1 nitrogen and oxygen atoms in total. The highest BCUT2D eigenvalue weighted by atomic mass is 14.8. The number of nitrogens with zero attached hydrogens (tertiary/aromatic N) is 1. The first kappa shape index (κ1) is 19.9. The Balaban J connectivity index is 0.000000578. The topological polar surface area (TPSA) is 12.4 Å². The summed E-state index contributed by atoms with van der Waals surface area (Å²) in [5.74, 6) is 0. The Kier molecular flexibility index (Phi) is 10.0. The first-order valence-electron chi connectivity index (χ1n) is 8.58. The Morgan fingerprint density at radius 2 is 1.48 bits per heavy atom. The van der Waals surface area contributed by atoms with E-state index in [1.54, 1.807) is 0 Å². The van der Waals surface area contributed by atoms with E-state index in [9.17, 15) is 0 Å². The van der Waals surface area contributed by atoms with Crippen LogP contribution in [0.5, 0.6) is 0 Å². The maximum atomic E-state index is 4.50. The molecule has 1 heterocycles. The summed E-state index contributed by atoms with van der Waals surface area (Å²) in [7, 11) is 0. The van der Waals surface area contributed by atoms with Crippen LogP contribution in [-0.4, -0.2) is 12.3 Å². The van der Waals surface area contributed by atoms with Crippen LogP contribution in [0.25, 0.3) is 0 Å². The number of hydrogen-bond acceptors (Lipinski definition) is 1. The van der Waals surface area contributed by atoms with E-state index in [0.717, 1.165) is 12.8 Å². The number of rotatable bonds is 2. The van der Waals surface area contributed by atoms with E-state index in [0.29, 0.717) is 6.04 Å². The van der Waals surface area contributed by atoms with Crippen molar-refractivity contribution < 1.29 is 0 Å². The predicted molar refractivity (Wildman–Crippen MR) is 98.3 cm³/mol. The largest absolute Gasteiger partial charge is 0.285 e. The van der Waals surface area contributed by atoms with Crippen molar-refractivity contribution in [3.8, 4) is 0 Å². The summed E-state index contributed by atoms with van der Waals surface area (Å²) >= 11 is 0. The molecule has 1 aliphatic carbocycles. The highest BCUT2D eigenvalue weighted by molar-refractivity contribution is 5.90. The molecule has 0 saturated heterocycles. The van der Waals surface area contributed by atoms with E-state index in [2.05, 4.69) is 72.7 Å². The smallest absolute Gasteiger partial charge is 0.0686 e. The summed E-state index contributed by atoms with van der Waals surface area (Å²) in [5, 5.41) is 0. The molecule has 0 aromatic carbocycles. The van der Waals surface area contributed by atoms with Gasteiger partial charge < -0.3 is 0 Å². The number of aliphatic imine (C=N–C) groups is 1. The molecule has 1 unspecified atom stereocenters. The fourth-order valence-corrected chi connectivity index (χ4v) is 2.46. The van der Waals surface area contributed by atoms with Gasteiger partial charge in [0.15, 0.2) is 0 Å². The van der Waals surface area contributed by atoms with Gasteiger partial charge in [0.2, 0.25) is 0 Å². The summed E-state index contributed by atoms with van der Waals surface area (Å²) in [5.41, 5.74) is 7.26. The summed E-state index contributed by atoms with van der Waals surface area (Å²) < 4.78 is 0. The minimum atomic E-state index is 0.411. The first-order valence-corrected chi connectivity index (χ1v) is 8.58. The van der Waals surface area contributed by atoms with E-state index in [1.807, 2.05) is 0 Å². The van der Waals surface area contributed by atoms with Crippen molar-refractivity contribution in [1.29, 1.82) is 0 Å². The molecule has 1 heteroatoms. The molecule has 0 saturated carbocycles. The van der Waals surface area contributed by atoms with Crippen LogP contribution in [0.3, 0.4) is 0 Å². The van der Waals surface area contributed by atoms with E-state index >= 15 is 0 Å². The van der Waals surface area contributed by atoms with Crippen LogP contribution in [0, 0.1) is 0 Å². The van der Waals surface area contributed by atoms with Gasteiger partial charge in [0.1, 0.15) is 0 Å². The van der Waals surface area contributed by atoms with Crippen LogP contribution in [0.2, 0.25) is 0 Å². The maximum absolute atomic E-state index is 4.50. The Morgan fingerprint density at radius 3 is 1.81 bits per heavy atom. The van der Waals surface area contributed by atoms with Crippen molar-refractivity contribution in [3.05, 3.63) is 33.9 Å². The van der Waals surface area contributed by atoms with Gasteiger partial charge in [-0.15, -0.1) is 0 Å². The van der Waals surface area contributed by atoms with Gasteiger partial charge in [0.05, 0.1) is 6.04 Å². The minimum Gasteiger partial charge on any atom is -0.285 e. The molecular weight excluding hydrogens is 254 g/mol. The molecule has 2 aliphatic rings. The van der Waals surface area contributed by atoms with E-state index in [4.69, 9.17) is 0 Å². The molecule has 21 heavy (non-hydrogen) atoms. The van der Waals surface area contributed by atoms with Crippen LogP contribution < -0.4 is 0 Å². The standard InChI is InChI=1S/C14H19N.2C3H8/c1-5-13-7-12(8-15-13)14-10(3)6-9(2)11(14)4;2*1-3-2/h7-8,13H,5-6H2,1-4H3;2*3H2,1-2H3. The first-order chi connectivity index (χ1) is 9.96. The lowest BCUT2D eigenvalue weighted by molar-refractivity contribution is 0.797. The van der Waals surface area contributed by atoms with Gasteiger partial charge in [-0.2, -0.15) is 0 Å². The van der Waals surface area contributed by atoms with Gasteiger partial charge in [-0.3, -0.25) is 4.99 Å². The van der Waals surface area contributed by atoms with Gasteiger partial charge in [0.25, 0.3) is 0 Å². The lowest BCUT2D eigenvalue weighted by Gasteiger charge is -2.05. The zero-order valence-corrected chi connectivity index (χ0v) is 15.5. The summed E-state index contributed by atoms with van der Waals surface area (Å²) in [6.45, 7) is 17.4. The zero-order chi connectivity index (χ0) is 16.4. The molecule has 1 aliphatic heterocycles. The van der Waals surface area contributed by atoms with Crippen LogP contribution >= 0.6 is 0 Å². The van der Waals surface area contributed by atoms with E-state index in [-0.39, 0.29) is 0 Å². The molecule has 0 aromatic heterocycles. The number of hydrogen-bond donors (Lipinski definition) is 0. The van der Waals surface area contributed by atoms with Gasteiger partial charge >= 0.3 is 0 Å². The molecule has 0 radical (unpaired) electrons. The van der Waals surface area contributed by atoms with Gasteiger partial charge in [-0.25, -0.2) is 0 Å². The van der Waals surface area contributed by atoms with Crippen LogP contribution in [-0.2, 0) is 0 Å².